The van der Waals surface area contributed by atoms with Crippen molar-refractivity contribution in [2.75, 3.05) is 5.73 Å². The van der Waals surface area contributed by atoms with Crippen LogP contribution in [0.3, 0.4) is 0 Å². The first-order valence-electron chi connectivity index (χ1n) is 4.72. The fourth-order valence-corrected chi connectivity index (χ4v) is 1.23. The van der Waals surface area contributed by atoms with Gasteiger partial charge in [0.15, 0.2) is 5.75 Å². The molecule has 16 heavy (non-hydrogen) atoms. The summed E-state index contributed by atoms with van der Waals surface area (Å²) in [5.41, 5.74) is 5.84. The maximum atomic E-state index is 9.39. The van der Waals surface area contributed by atoms with Gasteiger partial charge in [-0.1, -0.05) is 6.07 Å². The Bertz CT molecular complexity index is 514. The Morgan fingerprint density at radius 3 is 2.88 bits per heavy atom. The summed E-state index contributed by atoms with van der Waals surface area (Å²) in [6.07, 6.45) is 1.59. The van der Waals surface area contributed by atoms with Crippen LogP contribution < -0.4 is 10.5 Å². The number of nitrogen functional groups attached to an aromatic ring is 1. The Morgan fingerprint density at radius 1 is 1.31 bits per heavy atom. The lowest BCUT2D eigenvalue weighted by Gasteiger charge is -2.08. The van der Waals surface area contributed by atoms with Crippen molar-refractivity contribution in [3.63, 3.8) is 0 Å². The number of para-hydroxylation sites is 1. The summed E-state index contributed by atoms with van der Waals surface area (Å²) in [5.74, 6) is 1.36. The smallest absolute Gasteiger partial charge is 0.222 e. The normalized spacial score (nSPS) is 10.1. The van der Waals surface area contributed by atoms with Crippen molar-refractivity contribution in [1.29, 1.82) is 0 Å². The number of aromatic hydroxyl groups is 1. The van der Waals surface area contributed by atoms with Gasteiger partial charge in [0.25, 0.3) is 0 Å². The number of ether oxygens (including phenoxy) is 1. The van der Waals surface area contributed by atoms with Gasteiger partial charge in [-0.15, -0.1) is 0 Å². The Balaban J connectivity index is 2.31. The lowest BCUT2D eigenvalue weighted by atomic mass is 10.3. The van der Waals surface area contributed by atoms with Crippen LogP contribution in [0.5, 0.6) is 17.4 Å². The summed E-state index contributed by atoms with van der Waals surface area (Å²) in [6, 6.07) is 6.42. The Morgan fingerprint density at radius 2 is 2.12 bits per heavy atom. The van der Waals surface area contributed by atoms with Gasteiger partial charge < -0.3 is 15.6 Å². The van der Waals surface area contributed by atoms with Crippen LogP contribution in [-0.4, -0.2) is 15.1 Å². The van der Waals surface area contributed by atoms with E-state index in [0.29, 0.717) is 17.5 Å². The summed E-state index contributed by atoms with van der Waals surface area (Å²) in [6.45, 7) is 1.76. The minimum Gasteiger partial charge on any atom is -0.506 e. The monoisotopic (exact) mass is 217 g/mol. The van der Waals surface area contributed by atoms with Crippen LogP contribution in [0.15, 0.2) is 30.5 Å². The minimum atomic E-state index is -0.0109. The average Bonchev–Trinajstić information content (AvgIpc) is 2.25. The molecule has 0 aliphatic rings. The highest BCUT2D eigenvalue weighted by Gasteiger charge is 2.06. The molecule has 0 unspecified atom stereocenters. The van der Waals surface area contributed by atoms with Crippen molar-refractivity contribution < 1.29 is 9.84 Å². The molecule has 0 atom stereocenters. The molecule has 0 saturated carbocycles. The quantitative estimate of drug-likeness (QED) is 0.592. The first kappa shape index (κ1) is 10.2. The van der Waals surface area contributed by atoms with Crippen molar-refractivity contribution in [3.8, 4) is 17.4 Å². The lowest BCUT2D eigenvalue weighted by molar-refractivity contribution is 0.448. The summed E-state index contributed by atoms with van der Waals surface area (Å²) in [5, 5.41) is 9.39. The SMILES string of the molecule is Cc1nccc(Oc2cccc(O)c2N)n1. The third-order valence-electron chi connectivity index (χ3n) is 2.01. The highest BCUT2D eigenvalue weighted by atomic mass is 16.5. The van der Waals surface area contributed by atoms with E-state index in [9.17, 15) is 5.11 Å². The molecule has 5 heteroatoms. The summed E-state index contributed by atoms with van der Waals surface area (Å²) in [7, 11) is 0. The second kappa shape index (κ2) is 4.06. The highest BCUT2D eigenvalue weighted by molar-refractivity contribution is 5.62. The molecule has 0 bridgehead atoms. The molecular formula is C11H11N3O2. The highest BCUT2D eigenvalue weighted by Crippen LogP contribution is 2.32. The number of hydrogen-bond acceptors (Lipinski definition) is 5. The largest absolute Gasteiger partial charge is 0.506 e. The van der Waals surface area contributed by atoms with E-state index in [1.54, 1.807) is 31.3 Å². The topological polar surface area (TPSA) is 81.3 Å². The van der Waals surface area contributed by atoms with Gasteiger partial charge in [-0.25, -0.2) is 4.98 Å². The molecule has 1 aromatic heterocycles. The molecule has 3 N–H and O–H groups in total. The van der Waals surface area contributed by atoms with E-state index in [1.807, 2.05) is 0 Å². The van der Waals surface area contributed by atoms with Gasteiger partial charge in [0.05, 0.1) is 0 Å². The van der Waals surface area contributed by atoms with Crippen LogP contribution >= 0.6 is 0 Å². The molecule has 0 aliphatic heterocycles. The lowest BCUT2D eigenvalue weighted by Crippen LogP contribution is -1.95. The number of benzene rings is 1. The molecule has 2 aromatic rings. The van der Waals surface area contributed by atoms with Gasteiger partial charge >= 0.3 is 0 Å². The molecule has 0 amide bonds. The van der Waals surface area contributed by atoms with Crippen LogP contribution in [-0.2, 0) is 0 Å². The van der Waals surface area contributed by atoms with E-state index in [1.165, 1.54) is 6.07 Å². The van der Waals surface area contributed by atoms with E-state index < -0.39 is 0 Å². The number of anilines is 1. The fraction of sp³-hybridized carbons (Fsp3) is 0.0909. The molecule has 5 nitrogen and oxygen atoms in total. The fourth-order valence-electron chi connectivity index (χ4n) is 1.23. The molecule has 2 rings (SSSR count). The predicted octanol–water partition coefficient (Wildman–Crippen LogP) is 1.87. The van der Waals surface area contributed by atoms with Gasteiger partial charge in [0, 0.05) is 12.3 Å². The Kier molecular flexibility index (Phi) is 2.59. The van der Waals surface area contributed by atoms with E-state index in [4.69, 9.17) is 10.5 Å². The van der Waals surface area contributed by atoms with Crippen LogP contribution in [0.2, 0.25) is 0 Å². The maximum absolute atomic E-state index is 9.39. The van der Waals surface area contributed by atoms with Crippen molar-refractivity contribution in [1.82, 2.24) is 9.97 Å². The van der Waals surface area contributed by atoms with Crippen LogP contribution in [0, 0.1) is 6.92 Å². The van der Waals surface area contributed by atoms with Crippen molar-refractivity contribution in [2.45, 2.75) is 6.92 Å². The second-order valence-electron chi connectivity index (χ2n) is 3.23. The van der Waals surface area contributed by atoms with Crippen LogP contribution in [0.25, 0.3) is 0 Å². The molecule has 0 fully saturated rings. The van der Waals surface area contributed by atoms with Crippen molar-refractivity contribution in [2.24, 2.45) is 0 Å². The molecule has 0 spiro atoms. The van der Waals surface area contributed by atoms with Crippen LogP contribution in [0.4, 0.5) is 5.69 Å². The third-order valence-corrected chi connectivity index (χ3v) is 2.01. The minimum absolute atomic E-state index is 0.0109. The number of aryl methyl sites for hydroxylation is 1. The first-order valence-corrected chi connectivity index (χ1v) is 4.72. The summed E-state index contributed by atoms with van der Waals surface area (Å²) in [4.78, 5) is 8.02. The summed E-state index contributed by atoms with van der Waals surface area (Å²) < 4.78 is 5.43. The molecule has 0 radical (unpaired) electrons. The van der Waals surface area contributed by atoms with E-state index >= 15 is 0 Å². The van der Waals surface area contributed by atoms with E-state index in [2.05, 4.69) is 9.97 Å². The molecule has 82 valence electrons. The third kappa shape index (κ3) is 2.03. The molecule has 0 saturated heterocycles. The van der Waals surface area contributed by atoms with Crippen molar-refractivity contribution in [3.05, 3.63) is 36.3 Å². The Hall–Kier alpha value is -2.30. The average molecular weight is 217 g/mol. The number of nitrogens with zero attached hydrogens (tertiary/aromatic N) is 2. The molecular weight excluding hydrogens is 206 g/mol. The Labute approximate surface area is 92.5 Å². The van der Waals surface area contributed by atoms with Crippen molar-refractivity contribution >= 4 is 5.69 Å². The number of nitrogens with two attached hydrogens (primary N) is 1. The number of phenolic OH excluding ortho intramolecular Hbond substituents is 1. The molecule has 1 aromatic carbocycles. The van der Waals surface area contributed by atoms with Gasteiger partial charge in [0.1, 0.15) is 17.3 Å². The standard InChI is InChI=1S/C11H11N3O2/c1-7-13-6-5-10(14-7)16-9-4-2-3-8(15)11(9)12/h2-6,15H,12H2,1H3. The zero-order valence-electron chi connectivity index (χ0n) is 8.71. The summed E-state index contributed by atoms with van der Waals surface area (Å²) >= 11 is 0. The van der Waals surface area contributed by atoms with Gasteiger partial charge in [-0.05, 0) is 19.1 Å². The van der Waals surface area contributed by atoms with Gasteiger partial charge in [-0.3, -0.25) is 0 Å². The maximum Gasteiger partial charge on any atom is 0.222 e. The van der Waals surface area contributed by atoms with Gasteiger partial charge in [-0.2, -0.15) is 4.98 Å². The molecule has 1 heterocycles. The van der Waals surface area contributed by atoms with E-state index in [0.717, 1.165) is 0 Å². The van der Waals surface area contributed by atoms with Gasteiger partial charge in [0.2, 0.25) is 5.88 Å². The van der Waals surface area contributed by atoms with Crippen LogP contribution in [0.1, 0.15) is 5.82 Å². The predicted molar refractivity (Wildman–Crippen MR) is 59.4 cm³/mol. The first-order chi connectivity index (χ1) is 7.66. The number of hydrogen-bond donors (Lipinski definition) is 2. The number of aromatic nitrogens is 2. The zero-order valence-corrected chi connectivity index (χ0v) is 8.71. The number of phenols is 1. The second-order valence-corrected chi connectivity index (χ2v) is 3.23. The number of rotatable bonds is 2. The van der Waals surface area contributed by atoms with E-state index in [-0.39, 0.29) is 11.4 Å². The zero-order chi connectivity index (χ0) is 11.5. The molecule has 0 aliphatic carbocycles.